The fourth-order valence-electron chi connectivity index (χ4n) is 2.36. The van der Waals surface area contributed by atoms with Crippen LogP contribution in [-0.2, 0) is 4.79 Å². The van der Waals surface area contributed by atoms with Gasteiger partial charge in [-0.2, -0.15) is 0 Å². The first-order chi connectivity index (χ1) is 13.0. The van der Waals surface area contributed by atoms with E-state index in [4.69, 9.17) is 14.2 Å². The van der Waals surface area contributed by atoms with Gasteiger partial charge in [0.2, 0.25) is 5.91 Å². The van der Waals surface area contributed by atoms with Crippen LogP contribution in [0.3, 0.4) is 0 Å². The summed E-state index contributed by atoms with van der Waals surface area (Å²) >= 11 is 0. The predicted octanol–water partition coefficient (Wildman–Crippen LogP) is 4.78. The molecule has 0 radical (unpaired) electrons. The van der Waals surface area contributed by atoms with Crippen LogP contribution in [0.15, 0.2) is 48.5 Å². The highest BCUT2D eigenvalue weighted by atomic mass is 16.5. The molecule has 0 fully saturated rings. The van der Waals surface area contributed by atoms with E-state index < -0.39 is 0 Å². The van der Waals surface area contributed by atoms with E-state index in [0.29, 0.717) is 29.7 Å². The number of nitrogens with one attached hydrogen (secondary N) is 1. The van der Waals surface area contributed by atoms with Gasteiger partial charge in [-0.05, 0) is 60.4 Å². The van der Waals surface area contributed by atoms with Crippen LogP contribution < -0.4 is 19.5 Å². The van der Waals surface area contributed by atoms with Gasteiger partial charge in [-0.15, -0.1) is 0 Å². The Balaban J connectivity index is 1.90. The maximum Gasteiger partial charge on any atom is 0.248 e. The SMILES string of the molecule is COc1ccc(/C=C/C(=O)Nc2ccc(OCCC(C)C)cc2)cc1OC. The Morgan fingerprint density at radius 2 is 1.74 bits per heavy atom. The van der Waals surface area contributed by atoms with Gasteiger partial charge in [0.15, 0.2) is 11.5 Å². The lowest BCUT2D eigenvalue weighted by Crippen LogP contribution is -2.07. The third-order valence-electron chi connectivity index (χ3n) is 3.92. The monoisotopic (exact) mass is 369 g/mol. The summed E-state index contributed by atoms with van der Waals surface area (Å²) in [5.41, 5.74) is 1.56. The molecular weight excluding hydrogens is 342 g/mol. The van der Waals surface area contributed by atoms with Gasteiger partial charge in [0, 0.05) is 11.8 Å². The summed E-state index contributed by atoms with van der Waals surface area (Å²) in [6.45, 7) is 5.02. The summed E-state index contributed by atoms with van der Waals surface area (Å²) in [5, 5.41) is 2.83. The van der Waals surface area contributed by atoms with Crippen molar-refractivity contribution < 1.29 is 19.0 Å². The van der Waals surface area contributed by atoms with Crippen LogP contribution in [0.4, 0.5) is 5.69 Å². The zero-order chi connectivity index (χ0) is 19.6. The lowest BCUT2D eigenvalue weighted by Gasteiger charge is -2.09. The Labute approximate surface area is 161 Å². The number of benzene rings is 2. The summed E-state index contributed by atoms with van der Waals surface area (Å²) < 4.78 is 16.1. The van der Waals surface area contributed by atoms with Gasteiger partial charge >= 0.3 is 0 Å². The molecule has 5 nitrogen and oxygen atoms in total. The molecule has 0 unspecified atom stereocenters. The number of anilines is 1. The average molecular weight is 369 g/mol. The van der Waals surface area contributed by atoms with Crippen molar-refractivity contribution in [2.24, 2.45) is 5.92 Å². The van der Waals surface area contributed by atoms with Crippen molar-refractivity contribution in [3.63, 3.8) is 0 Å². The van der Waals surface area contributed by atoms with Crippen LogP contribution in [0, 0.1) is 5.92 Å². The molecule has 0 heterocycles. The molecule has 27 heavy (non-hydrogen) atoms. The Bertz CT molecular complexity index is 766. The standard InChI is InChI=1S/C22H27NO4/c1-16(2)13-14-27-19-9-7-18(8-10-19)23-22(24)12-6-17-5-11-20(25-3)21(15-17)26-4/h5-12,15-16H,13-14H2,1-4H3,(H,23,24)/b12-6+. The van der Waals surface area contributed by atoms with E-state index in [2.05, 4.69) is 19.2 Å². The highest BCUT2D eigenvalue weighted by Crippen LogP contribution is 2.28. The predicted molar refractivity (Wildman–Crippen MR) is 109 cm³/mol. The molecule has 0 aliphatic heterocycles. The van der Waals surface area contributed by atoms with E-state index in [9.17, 15) is 4.79 Å². The number of hydrogen-bond donors (Lipinski definition) is 1. The van der Waals surface area contributed by atoms with Gasteiger partial charge in [-0.3, -0.25) is 4.79 Å². The summed E-state index contributed by atoms with van der Waals surface area (Å²) in [6.07, 6.45) is 4.22. The zero-order valence-corrected chi connectivity index (χ0v) is 16.3. The molecule has 1 N–H and O–H groups in total. The third kappa shape index (κ3) is 6.70. The van der Waals surface area contributed by atoms with E-state index in [-0.39, 0.29) is 5.91 Å². The number of ether oxygens (including phenoxy) is 3. The maximum atomic E-state index is 12.1. The largest absolute Gasteiger partial charge is 0.494 e. The van der Waals surface area contributed by atoms with Crippen LogP contribution in [0.2, 0.25) is 0 Å². The topological polar surface area (TPSA) is 56.8 Å². The van der Waals surface area contributed by atoms with Crippen molar-refractivity contribution in [1.29, 1.82) is 0 Å². The van der Waals surface area contributed by atoms with Gasteiger partial charge in [0.05, 0.1) is 20.8 Å². The number of rotatable bonds is 9. The minimum absolute atomic E-state index is 0.210. The summed E-state index contributed by atoms with van der Waals surface area (Å²) in [7, 11) is 3.16. The van der Waals surface area contributed by atoms with Crippen molar-refractivity contribution in [3.05, 3.63) is 54.1 Å². The molecule has 0 bridgehead atoms. The van der Waals surface area contributed by atoms with Crippen molar-refractivity contribution in [1.82, 2.24) is 0 Å². The first-order valence-electron chi connectivity index (χ1n) is 8.95. The lowest BCUT2D eigenvalue weighted by molar-refractivity contribution is -0.111. The van der Waals surface area contributed by atoms with Gasteiger partial charge in [0.1, 0.15) is 5.75 Å². The second-order valence-electron chi connectivity index (χ2n) is 6.49. The molecule has 0 saturated carbocycles. The molecule has 0 atom stereocenters. The molecule has 5 heteroatoms. The molecule has 2 aromatic rings. The van der Waals surface area contributed by atoms with Crippen LogP contribution in [0.1, 0.15) is 25.8 Å². The van der Waals surface area contributed by atoms with Crippen molar-refractivity contribution in [2.45, 2.75) is 20.3 Å². The van der Waals surface area contributed by atoms with E-state index in [1.54, 1.807) is 26.4 Å². The van der Waals surface area contributed by atoms with Gasteiger partial charge < -0.3 is 19.5 Å². The number of amides is 1. The number of methoxy groups -OCH3 is 2. The first kappa shape index (κ1) is 20.4. The van der Waals surface area contributed by atoms with E-state index in [1.165, 1.54) is 6.08 Å². The van der Waals surface area contributed by atoms with E-state index in [1.807, 2.05) is 36.4 Å². The second kappa shape index (κ2) is 10.3. The van der Waals surface area contributed by atoms with Crippen molar-refractivity contribution in [3.8, 4) is 17.2 Å². The minimum atomic E-state index is -0.210. The van der Waals surface area contributed by atoms with E-state index in [0.717, 1.165) is 17.7 Å². The molecular formula is C22H27NO4. The number of carbonyl (C=O) groups excluding carboxylic acids is 1. The Morgan fingerprint density at radius 3 is 2.37 bits per heavy atom. The molecule has 0 aromatic heterocycles. The number of hydrogen-bond acceptors (Lipinski definition) is 4. The molecule has 2 aromatic carbocycles. The molecule has 0 aliphatic rings. The minimum Gasteiger partial charge on any atom is -0.494 e. The summed E-state index contributed by atoms with van der Waals surface area (Å²) in [6, 6.07) is 12.8. The van der Waals surface area contributed by atoms with E-state index >= 15 is 0 Å². The molecule has 0 saturated heterocycles. The van der Waals surface area contributed by atoms with Gasteiger partial charge in [-0.1, -0.05) is 19.9 Å². The quantitative estimate of drug-likeness (QED) is 0.646. The summed E-state index contributed by atoms with van der Waals surface area (Å²) in [5.74, 6) is 2.47. The zero-order valence-electron chi connectivity index (χ0n) is 16.3. The van der Waals surface area contributed by atoms with Crippen molar-refractivity contribution >= 4 is 17.7 Å². The third-order valence-corrected chi connectivity index (χ3v) is 3.92. The molecule has 2 rings (SSSR count). The van der Waals surface area contributed by atoms with Crippen LogP contribution >= 0.6 is 0 Å². The number of carbonyl (C=O) groups is 1. The molecule has 144 valence electrons. The van der Waals surface area contributed by atoms with Gasteiger partial charge in [-0.25, -0.2) is 0 Å². The highest BCUT2D eigenvalue weighted by Gasteiger charge is 2.04. The fraction of sp³-hybridized carbons (Fsp3) is 0.318. The smallest absolute Gasteiger partial charge is 0.248 e. The van der Waals surface area contributed by atoms with Crippen molar-refractivity contribution in [2.75, 3.05) is 26.1 Å². The average Bonchev–Trinajstić information content (AvgIpc) is 2.67. The van der Waals surface area contributed by atoms with Crippen LogP contribution in [0.5, 0.6) is 17.2 Å². The normalized spacial score (nSPS) is 10.9. The highest BCUT2D eigenvalue weighted by molar-refractivity contribution is 6.01. The second-order valence-corrected chi connectivity index (χ2v) is 6.49. The molecule has 0 aliphatic carbocycles. The maximum absolute atomic E-state index is 12.1. The fourth-order valence-corrected chi connectivity index (χ4v) is 2.36. The lowest BCUT2D eigenvalue weighted by atomic mass is 10.1. The molecule has 0 spiro atoms. The first-order valence-corrected chi connectivity index (χ1v) is 8.95. The molecule has 1 amide bonds. The Hall–Kier alpha value is -2.95. The van der Waals surface area contributed by atoms with Gasteiger partial charge in [0.25, 0.3) is 0 Å². The Kier molecular flexibility index (Phi) is 7.74. The summed E-state index contributed by atoms with van der Waals surface area (Å²) in [4.78, 5) is 12.1. The van der Waals surface area contributed by atoms with Crippen LogP contribution in [0.25, 0.3) is 6.08 Å². The Morgan fingerprint density at radius 1 is 1.04 bits per heavy atom. The van der Waals surface area contributed by atoms with Crippen LogP contribution in [-0.4, -0.2) is 26.7 Å².